The van der Waals surface area contributed by atoms with Gasteiger partial charge in [0, 0.05) is 24.5 Å². The molecule has 1 amide bonds. The molecule has 2 rings (SSSR count). The molecule has 0 bridgehead atoms. The van der Waals surface area contributed by atoms with Crippen molar-refractivity contribution in [2.45, 2.75) is 0 Å². The molecule has 22 heavy (non-hydrogen) atoms. The maximum atomic E-state index is 11.6. The summed E-state index contributed by atoms with van der Waals surface area (Å²) in [5.74, 6) is -0.402. The summed E-state index contributed by atoms with van der Waals surface area (Å²) in [6.45, 7) is 0. The van der Waals surface area contributed by atoms with Gasteiger partial charge in [-0.15, -0.1) is 0 Å². The Kier molecular flexibility index (Phi) is 5.09. The maximum Gasteiger partial charge on any atom is 0.289 e. The van der Waals surface area contributed by atoms with Gasteiger partial charge in [-0.2, -0.15) is 5.10 Å². The molecule has 0 saturated heterocycles. The summed E-state index contributed by atoms with van der Waals surface area (Å²) in [4.78, 5) is 25.5. The van der Waals surface area contributed by atoms with Gasteiger partial charge in [0.15, 0.2) is 0 Å². The molecule has 0 fully saturated rings. The summed E-state index contributed by atoms with van der Waals surface area (Å²) in [7, 11) is 0. The first-order valence-corrected chi connectivity index (χ1v) is 6.32. The number of hydrogen-bond acceptors (Lipinski definition) is 5. The zero-order valence-electron chi connectivity index (χ0n) is 11.4. The van der Waals surface area contributed by atoms with E-state index in [4.69, 9.17) is 0 Å². The SMILES string of the molecule is O=C(N/N=C\C=C\c1ccc([N+](=O)[O-])cc1)c1ccccn1. The number of aromatic nitrogens is 1. The highest BCUT2D eigenvalue weighted by Gasteiger charge is 2.03. The summed E-state index contributed by atoms with van der Waals surface area (Å²) in [5.41, 5.74) is 3.43. The van der Waals surface area contributed by atoms with Crippen LogP contribution >= 0.6 is 0 Å². The molecule has 1 N–H and O–H groups in total. The van der Waals surface area contributed by atoms with Gasteiger partial charge in [0.2, 0.25) is 0 Å². The van der Waals surface area contributed by atoms with Gasteiger partial charge in [-0.1, -0.05) is 12.1 Å². The minimum atomic E-state index is -0.456. The van der Waals surface area contributed by atoms with Crippen LogP contribution in [0.25, 0.3) is 6.08 Å². The standard InChI is InChI=1S/C15H12N4O3/c20-15(14-5-1-2-10-16-14)18-17-11-3-4-12-6-8-13(9-7-12)19(21)22/h1-11H,(H,18,20)/b4-3+,17-11-. The maximum absolute atomic E-state index is 11.6. The van der Waals surface area contributed by atoms with E-state index in [1.54, 1.807) is 42.5 Å². The predicted octanol–water partition coefficient (Wildman–Crippen LogP) is 2.42. The van der Waals surface area contributed by atoms with Crippen LogP contribution < -0.4 is 5.43 Å². The Labute approximate surface area is 126 Å². The fourth-order valence-corrected chi connectivity index (χ4v) is 1.55. The Morgan fingerprint density at radius 3 is 2.64 bits per heavy atom. The molecular formula is C15H12N4O3. The largest absolute Gasteiger partial charge is 0.289 e. The molecule has 0 unspecified atom stereocenters. The lowest BCUT2D eigenvalue weighted by atomic mass is 10.2. The van der Waals surface area contributed by atoms with Crippen molar-refractivity contribution in [3.05, 3.63) is 76.1 Å². The third kappa shape index (κ3) is 4.34. The van der Waals surface area contributed by atoms with Crippen LogP contribution in [-0.2, 0) is 0 Å². The van der Waals surface area contributed by atoms with E-state index in [1.807, 2.05) is 0 Å². The first kappa shape index (κ1) is 15.0. The van der Waals surface area contributed by atoms with E-state index in [1.165, 1.54) is 24.5 Å². The van der Waals surface area contributed by atoms with Crippen LogP contribution in [-0.4, -0.2) is 22.0 Å². The number of hydrazone groups is 1. The Morgan fingerprint density at radius 2 is 2.00 bits per heavy atom. The Morgan fingerprint density at radius 1 is 1.23 bits per heavy atom. The van der Waals surface area contributed by atoms with Crippen LogP contribution in [0.2, 0.25) is 0 Å². The molecule has 0 aliphatic heterocycles. The van der Waals surface area contributed by atoms with E-state index in [-0.39, 0.29) is 11.4 Å². The van der Waals surface area contributed by atoms with Crippen molar-refractivity contribution in [1.82, 2.24) is 10.4 Å². The summed E-state index contributed by atoms with van der Waals surface area (Å²) < 4.78 is 0. The molecular weight excluding hydrogens is 284 g/mol. The van der Waals surface area contributed by atoms with Gasteiger partial charge in [-0.25, -0.2) is 5.43 Å². The van der Waals surface area contributed by atoms with Crippen molar-refractivity contribution in [1.29, 1.82) is 0 Å². The molecule has 110 valence electrons. The first-order valence-electron chi connectivity index (χ1n) is 6.32. The monoisotopic (exact) mass is 296 g/mol. The molecule has 0 saturated carbocycles. The van der Waals surface area contributed by atoms with Crippen molar-refractivity contribution in [3.63, 3.8) is 0 Å². The minimum absolute atomic E-state index is 0.0356. The number of carbonyl (C=O) groups is 1. The van der Waals surface area contributed by atoms with Gasteiger partial charge >= 0.3 is 0 Å². The van der Waals surface area contributed by atoms with Crippen molar-refractivity contribution in [2.75, 3.05) is 0 Å². The van der Waals surface area contributed by atoms with Gasteiger partial charge in [-0.05, 0) is 35.9 Å². The van der Waals surface area contributed by atoms with Gasteiger partial charge in [0.05, 0.1) is 4.92 Å². The van der Waals surface area contributed by atoms with E-state index >= 15 is 0 Å². The number of nitro benzene ring substituents is 1. The number of nitrogens with zero attached hydrogens (tertiary/aromatic N) is 3. The highest BCUT2D eigenvalue weighted by molar-refractivity contribution is 5.92. The van der Waals surface area contributed by atoms with Crippen LogP contribution in [0.4, 0.5) is 5.69 Å². The number of non-ortho nitro benzene ring substituents is 1. The summed E-state index contributed by atoms with van der Waals surface area (Å²) >= 11 is 0. The van der Waals surface area contributed by atoms with E-state index in [0.29, 0.717) is 0 Å². The molecule has 2 aromatic rings. The molecule has 0 aliphatic carbocycles. The van der Waals surface area contributed by atoms with E-state index in [2.05, 4.69) is 15.5 Å². The van der Waals surface area contributed by atoms with Crippen LogP contribution in [0, 0.1) is 10.1 Å². The van der Waals surface area contributed by atoms with Crippen LogP contribution in [0.15, 0.2) is 59.8 Å². The number of nitrogens with one attached hydrogen (secondary N) is 1. The van der Waals surface area contributed by atoms with E-state index in [9.17, 15) is 14.9 Å². The fraction of sp³-hybridized carbons (Fsp3) is 0. The van der Waals surface area contributed by atoms with Crippen LogP contribution in [0.3, 0.4) is 0 Å². The van der Waals surface area contributed by atoms with Crippen LogP contribution in [0.1, 0.15) is 16.1 Å². The second-order valence-corrected chi connectivity index (χ2v) is 4.14. The first-order chi connectivity index (χ1) is 10.7. The molecule has 7 nitrogen and oxygen atoms in total. The summed E-state index contributed by atoms with van der Waals surface area (Å²) in [6, 6.07) is 11.1. The van der Waals surface area contributed by atoms with Gasteiger partial charge in [0.1, 0.15) is 5.69 Å². The van der Waals surface area contributed by atoms with Gasteiger partial charge in [-0.3, -0.25) is 19.9 Å². The van der Waals surface area contributed by atoms with Gasteiger partial charge in [0.25, 0.3) is 11.6 Å². The second-order valence-electron chi connectivity index (χ2n) is 4.14. The van der Waals surface area contributed by atoms with E-state index < -0.39 is 10.8 Å². The number of allylic oxidation sites excluding steroid dienone is 1. The van der Waals surface area contributed by atoms with Crippen molar-refractivity contribution >= 4 is 23.9 Å². The average Bonchev–Trinajstić information content (AvgIpc) is 2.55. The molecule has 7 heteroatoms. The summed E-state index contributed by atoms with van der Waals surface area (Å²) in [5, 5.41) is 14.3. The molecule has 0 aliphatic rings. The number of rotatable bonds is 5. The summed E-state index contributed by atoms with van der Waals surface area (Å²) in [6.07, 6.45) is 6.25. The van der Waals surface area contributed by atoms with Crippen molar-refractivity contribution < 1.29 is 9.72 Å². The quantitative estimate of drug-likeness (QED) is 0.520. The highest BCUT2D eigenvalue weighted by Crippen LogP contribution is 2.12. The normalized spacial score (nSPS) is 10.9. The number of carbonyl (C=O) groups excluding carboxylic acids is 1. The number of nitro groups is 1. The molecule has 0 spiro atoms. The average molecular weight is 296 g/mol. The predicted molar refractivity (Wildman–Crippen MR) is 82.3 cm³/mol. The lowest BCUT2D eigenvalue weighted by Gasteiger charge is -1.96. The minimum Gasteiger partial charge on any atom is -0.266 e. The second kappa shape index (κ2) is 7.44. The number of hydrogen-bond donors (Lipinski definition) is 1. The van der Waals surface area contributed by atoms with Crippen molar-refractivity contribution in [3.8, 4) is 0 Å². The highest BCUT2D eigenvalue weighted by atomic mass is 16.6. The number of benzene rings is 1. The molecule has 1 aromatic heterocycles. The fourth-order valence-electron chi connectivity index (χ4n) is 1.55. The number of pyridine rings is 1. The Hall–Kier alpha value is -3.35. The van der Waals surface area contributed by atoms with E-state index in [0.717, 1.165) is 5.56 Å². The third-order valence-corrected chi connectivity index (χ3v) is 2.62. The lowest BCUT2D eigenvalue weighted by molar-refractivity contribution is -0.384. The smallest absolute Gasteiger partial charge is 0.266 e. The topological polar surface area (TPSA) is 97.5 Å². The Balaban J connectivity index is 1.87. The zero-order chi connectivity index (χ0) is 15.8. The lowest BCUT2D eigenvalue weighted by Crippen LogP contribution is -2.18. The van der Waals surface area contributed by atoms with Crippen LogP contribution in [0.5, 0.6) is 0 Å². The molecule has 1 aromatic carbocycles. The number of amides is 1. The molecule has 1 heterocycles. The zero-order valence-corrected chi connectivity index (χ0v) is 11.4. The third-order valence-electron chi connectivity index (χ3n) is 2.62. The molecule has 0 atom stereocenters. The molecule has 0 radical (unpaired) electrons. The van der Waals surface area contributed by atoms with Crippen molar-refractivity contribution in [2.24, 2.45) is 5.10 Å². The van der Waals surface area contributed by atoms with Gasteiger partial charge < -0.3 is 0 Å². The Bertz CT molecular complexity index is 709.